The standard InChI is InChI=1S/C18H27N3O2.C2H2O4/c1-17(2,3)23-16(22)20-13-18(14-20)12-19-9-10-21(18)11-15-7-5-4-6-8-15;3-1(4)2(5)6/h4-8,19H,9-14H2,1-3H3;(H,3,4)(H,5,6). The van der Waals surface area contributed by atoms with E-state index in [2.05, 4.69) is 34.5 Å². The molecule has 160 valence electrons. The Hall–Kier alpha value is -2.65. The topological polar surface area (TPSA) is 119 Å². The maximum atomic E-state index is 12.2. The van der Waals surface area contributed by atoms with Gasteiger partial charge in [-0.25, -0.2) is 14.4 Å². The van der Waals surface area contributed by atoms with E-state index in [-0.39, 0.29) is 11.6 Å². The van der Waals surface area contributed by atoms with Crippen molar-refractivity contribution in [1.29, 1.82) is 0 Å². The summed E-state index contributed by atoms with van der Waals surface area (Å²) in [6, 6.07) is 10.5. The number of piperazine rings is 1. The van der Waals surface area contributed by atoms with Crippen molar-refractivity contribution in [1.82, 2.24) is 15.1 Å². The molecule has 0 atom stereocenters. The van der Waals surface area contributed by atoms with Crippen LogP contribution in [0.2, 0.25) is 0 Å². The van der Waals surface area contributed by atoms with Crippen molar-refractivity contribution < 1.29 is 29.3 Å². The molecule has 1 spiro atoms. The normalized spacial score (nSPS) is 18.2. The summed E-state index contributed by atoms with van der Waals surface area (Å²) in [4.78, 5) is 34.7. The molecule has 29 heavy (non-hydrogen) atoms. The molecule has 2 fully saturated rings. The average molecular weight is 407 g/mol. The van der Waals surface area contributed by atoms with Crippen molar-refractivity contribution in [2.45, 2.75) is 38.5 Å². The Labute approximate surface area is 170 Å². The minimum Gasteiger partial charge on any atom is -0.473 e. The third-order valence-electron chi connectivity index (χ3n) is 4.70. The molecule has 2 aliphatic rings. The Bertz CT molecular complexity index is 713. The smallest absolute Gasteiger partial charge is 0.414 e. The molecule has 1 aromatic rings. The van der Waals surface area contributed by atoms with E-state index in [9.17, 15) is 4.79 Å². The van der Waals surface area contributed by atoms with Crippen LogP contribution >= 0.6 is 0 Å². The van der Waals surface area contributed by atoms with Crippen molar-refractivity contribution >= 4 is 18.0 Å². The average Bonchev–Trinajstić information content (AvgIpc) is 2.60. The van der Waals surface area contributed by atoms with Gasteiger partial charge in [-0.2, -0.15) is 0 Å². The van der Waals surface area contributed by atoms with E-state index >= 15 is 0 Å². The fraction of sp³-hybridized carbons (Fsp3) is 0.550. The largest absolute Gasteiger partial charge is 0.473 e. The van der Waals surface area contributed by atoms with Crippen molar-refractivity contribution in [3.63, 3.8) is 0 Å². The first-order chi connectivity index (χ1) is 13.5. The highest BCUT2D eigenvalue weighted by molar-refractivity contribution is 6.27. The van der Waals surface area contributed by atoms with Crippen LogP contribution in [0.3, 0.4) is 0 Å². The maximum absolute atomic E-state index is 12.2. The fourth-order valence-corrected chi connectivity index (χ4v) is 3.37. The van der Waals surface area contributed by atoms with E-state index in [0.29, 0.717) is 0 Å². The number of rotatable bonds is 2. The van der Waals surface area contributed by atoms with Gasteiger partial charge < -0.3 is 25.2 Å². The number of carboxylic acid groups (broad SMARTS) is 2. The van der Waals surface area contributed by atoms with Gasteiger partial charge >= 0.3 is 18.0 Å². The number of carbonyl (C=O) groups is 3. The molecule has 0 bridgehead atoms. The molecule has 3 N–H and O–H groups in total. The molecule has 2 saturated heterocycles. The van der Waals surface area contributed by atoms with Gasteiger partial charge in [0.05, 0.1) is 5.54 Å². The van der Waals surface area contributed by atoms with Gasteiger partial charge in [0, 0.05) is 39.3 Å². The molecule has 3 rings (SSSR count). The third kappa shape index (κ3) is 6.43. The van der Waals surface area contributed by atoms with Crippen molar-refractivity contribution in [3.8, 4) is 0 Å². The summed E-state index contributed by atoms with van der Waals surface area (Å²) in [6.07, 6.45) is -0.201. The van der Waals surface area contributed by atoms with Crippen LogP contribution in [0.1, 0.15) is 26.3 Å². The lowest BCUT2D eigenvalue weighted by Gasteiger charge is -2.57. The van der Waals surface area contributed by atoms with Crippen molar-refractivity contribution in [2.24, 2.45) is 0 Å². The first kappa shape index (κ1) is 22.6. The summed E-state index contributed by atoms with van der Waals surface area (Å²) < 4.78 is 5.48. The van der Waals surface area contributed by atoms with Gasteiger partial charge in [-0.05, 0) is 26.3 Å². The number of amides is 1. The number of carboxylic acids is 2. The molecule has 2 aliphatic heterocycles. The van der Waals surface area contributed by atoms with Gasteiger partial charge in [-0.15, -0.1) is 0 Å². The van der Waals surface area contributed by atoms with Crippen molar-refractivity contribution in [3.05, 3.63) is 35.9 Å². The number of ether oxygens (including phenoxy) is 1. The zero-order valence-corrected chi connectivity index (χ0v) is 17.1. The van der Waals surface area contributed by atoms with E-state index in [1.807, 2.05) is 31.7 Å². The summed E-state index contributed by atoms with van der Waals surface area (Å²) in [5.74, 6) is -3.65. The van der Waals surface area contributed by atoms with E-state index in [1.54, 1.807) is 0 Å². The predicted molar refractivity (Wildman–Crippen MR) is 106 cm³/mol. The molecule has 1 amide bonds. The number of likely N-dealkylation sites (tertiary alicyclic amines) is 1. The lowest BCUT2D eigenvalue weighted by Crippen LogP contribution is -2.77. The number of hydrogen-bond donors (Lipinski definition) is 3. The highest BCUT2D eigenvalue weighted by Crippen LogP contribution is 2.31. The Balaban J connectivity index is 0.000000438. The Morgan fingerprint density at radius 3 is 2.21 bits per heavy atom. The van der Waals surface area contributed by atoms with Gasteiger partial charge in [0.2, 0.25) is 0 Å². The van der Waals surface area contributed by atoms with E-state index < -0.39 is 17.5 Å². The molecule has 2 heterocycles. The number of benzene rings is 1. The summed E-state index contributed by atoms with van der Waals surface area (Å²) in [7, 11) is 0. The zero-order chi connectivity index (χ0) is 21.7. The molecule has 0 aliphatic carbocycles. The second kappa shape index (κ2) is 9.23. The maximum Gasteiger partial charge on any atom is 0.414 e. The summed E-state index contributed by atoms with van der Waals surface area (Å²) in [6.45, 7) is 11.1. The first-order valence-electron chi connectivity index (χ1n) is 9.46. The highest BCUT2D eigenvalue weighted by Gasteiger charge is 2.51. The summed E-state index contributed by atoms with van der Waals surface area (Å²) >= 11 is 0. The summed E-state index contributed by atoms with van der Waals surface area (Å²) in [5.41, 5.74) is 0.934. The molecule has 0 aromatic heterocycles. The third-order valence-corrected chi connectivity index (χ3v) is 4.70. The Morgan fingerprint density at radius 2 is 1.69 bits per heavy atom. The quantitative estimate of drug-likeness (QED) is 0.627. The van der Waals surface area contributed by atoms with Crippen LogP contribution in [0.5, 0.6) is 0 Å². The summed E-state index contributed by atoms with van der Waals surface area (Å²) in [5, 5.41) is 18.3. The zero-order valence-electron chi connectivity index (χ0n) is 17.1. The number of hydrogen-bond acceptors (Lipinski definition) is 6. The molecule has 0 saturated carbocycles. The van der Waals surface area contributed by atoms with Crippen LogP contribution in [0.15, 0.2) is 30.3 Å². The minimum absolute atomic E-state index is 0.0466. The van der Waals surface area contributed by atoms with Crippen LogP contribution in [0.25, 0.3) is 0 Å². The molecule has 9 nitrogen and oxygen atoms in total. The van der Waals surface area contributed by atoms with Gasteiger partial charge in [0.25, 0.3) is 0 Å². The molecule has 0 unspecified atom stereocenters. The van der Waals surface area contributed by atoms with Gasteiger partial charge in [-0.3, -0.25) is 4.90 Å². The Morgan fingerprint density at radius 1 is 1.10 bits per heavy atom. The SMILES string of the molecule is CC(C)(C)OC(=O)N1CC2(CNCCN2Cc2ccccc2)C1.O=C(O)C(=O)O. The number of aliphatic carboxylic acids is 2. The number of nitrogens with zero attached hydrogens (tertiary/aromatic N) is 2. The van der Waals surface area contributed by atoms with E-state index in [4.69, 9.17) is 24.5 Å². The van der Waals surface area contributed by atoms with Crippen LogP contribution in [0.4, 0.5) is 4.79 Å². The van der Waals surface area contributed by atoms with Gasteiger partial charge in [-0.1, -0.05) is 30.3 Å². The minimum atomic E-state index is -1.82. The molecular formula is C20H29N3O6. The fourth-order valence-electron chi connectivity index (χ4n) is 3.37. The molecule has 0 radical (unpaired) electrons. The second-order valence-electron chi connectivity index (χ2n) is 8.25. The van der Waals surface area contributed by atoms with Crippen LogP contribution in [-0.4, -0.2) is 81.9 Å². The monoisotopic (exact) mass is 407 g/mol. The highest BCUT2D eigenvalue weighted by atomic mass is 16.6. The lowest BCUT2D eigenvalue weighted by molar-refractivity contribution is -0.159. The van der Waals surface area contributed by atoms with Crippen LogP contribution < -0.4 is 5.32 Å². The van der Waals surface area contributed by atoms with E-state index in [1.165, 1.54) is 5.56 Å². The lowest BCUT2D eigenvalue weighted by atomic mass is 9.85. The van der Waals surface area contributed by atoms with Crippen LogP contribution in [0, 0.1) is 0 Å². The predicted octanol–water partition coefficient (Wildman–Crippen LogP) is 1.24. The second-order valence-corrected chi connectivity index (χ2v) is 8.25. The van der Waals surface area contributed by atoms with Crippen molar-refractivity contribution in [2.75, 3.05) is 32.7 Å². The van der Waals surface area contributed by atoms with Gasteiger partial charge in [0.15, 0.2) is 0 Å². The number of nitrogens with one attached hydrogen (secondary N) is 1. The molecular weight excluding hydrogens is 378 g/mol. The van der Waals surface area contributed by atoms with Gasteiger partial charge in [0.1, 0.15) is 5.60 Å². The number of carbonyl (C=O) groups excluding carboxylic acids is 1. The molecule has 1 aromatic carbocycles. The first-order valence-corrected chi connectivity index (χ1v) is 9.46. The van der Waals surface area contributed by atoms with E-state index in [0.717, 1.165) is 39.3 Å². The molecule has 9 heteroatoms. The Kier molecular flexibility index (Phi) is 7.21. The van der Waals surface area contributed by atoms with Crippen LogP contribution in [-0.2, 0) is 20.9 Å².